The third-order valence-electron chi connectivity index (χ3n) is 6.68. The van der Waals surface area contributed by atoms with E-state index in [9.17, 15) is 13.2 Å². The number of carbonyl (C=O) groups excluding carboxylic acids is 1. The van der Waals surface area contributed by atoms with Gasteiger partial charge in [-0.15, -0.1) is 0 Å². The molecule has 0 fully saturated rings. The number of halogens is 1. The van der Waals surface area contributed by atoms with Crippen molar-refractivity contribution in [2.75, 3.05) is 41.1 Å². The predicted molar refractivity (Wildman–Crippen MR) is 158 cm³/mol. The number of benzene rings is 1. The molecule has 1 aromatic carbocycles. The molecule has 0 radical (unpaired) electrons. The van der Waals surface area contributed by atoms with Crippen molar-refractivity contribution in [2.24, 2.45) is 0 Å². The van der Waals surface area contributed by atoms with Crippen LogP contribution in [-0.4, -0.2) is 61.0 Å². The van der Waals surface area contributed by atoms with Gasteiger partial charge in [0.15, 0.2) is 9.84 Å². The molecule has 13 heteroatoms. The Balaban J connectivity index is 1.37. The zero-order valence-corrected chi connectivity index (χ0v) is 25.3. The highest BCUT2D eigenvalue weighted by molar-refractivity contribution is 7.89. The van der Waals surface area contributed by atoms with Crippen molar-refractivity contribution in [1.29, 1.82) is 0 Å². The summed E-state index contributed by atoms with van der Waals surface area (Å²) in [5.74, 6) is 0.714. The number of carbonyl (C=O) groups is 1. The Morgan fingerprint density at radius 3 is 2.68 bits per heavy atom. The second kappa shape index (κ2) is 11.0. The SMILES string of the molecule is Cc1cc(Nc2ncc3c(n2)CN(c2cnc4c(c2Cl)N(C(=O)OC(C)(C)C)CCO4)CC3)ccc1CS(C)(=O)=O. The van der Waals surface area contributed by atoms with Crippen LogP contribution in [0.1, 0.15) is 43.2 Å². The van der Waals surface area contributed by atoms with E-state index in [1.54, 1.807) is 12.3 Å². The number of hydrogen-bond donors (Lipinski definition) is 1. The molecule has 2 aliphatic rings. The smallest absolute Gasteiger partial charge is 0.415 e. The molecule has 218 valence electrons. The van der Waals surface area contributed by atoms with E-state index in [1.807, 2.05) is 46.0 Å². The number of aromatic nitrogens is 3. The maximum Gasteiger partial charge on any atom is 0.415 e. The fraction of sp³-hybridized carbons (Fsp3) is 0.429. The van der Waals surface area contributed by atoms with Crippen LogP contribution in [-0.2, 0) is 33.3 Å². The molecule has 4 heterocycles. The second-order valence-electron chi connectivity index (χ2n) is 11.3. The van der Waals surface area contributed by atoms with Crippen molar-refractivity contribution in [2.45, 2.75) is 52.0 Å². The minimum absolute atomic E-state index is 0.00787. The standard InChI is InChI=1S/C28H33ClN6O5S/c1-17-12-20(7-6-19(17)16-41(5,37)38)32-26-31-13-18-8-9-34(15-21(18)33-26)22-14-30-25-24(23(22)29)35(10-11-39-25)27(36)40-28(2,3)4/h6-7,12-14H,8-11,15-16H2,1-5H3,(H,31,32,33). The maximum absolute atomic E-state index is 13.0. The van der Waals surface area contributed by atoms with E-state index >= 15 is 0 Å². The molecule has 0 unspecified atom stereocenters. The lowest BCUT2D eigenvalue weighted by molar-refractivity contribution is 0.0566. The molecular formula is C28H33ClN6O5S. The van der Waals surface area contributed by atoms with E-state index < -0.39 is 21.5 Å². The van der Waals surface area contributed by atoms with Crippen molar-refractivity contribution < 1.29 is 22.7 Å². The molecule has 3 aromatic rings. The first-order valence-electron chi connectivity index (χ1n) is 13.2. The predicted octanol–water partition coefficient (Wildman–Crippen LogP) is 4.82. The summed E-state index contributed by atoms with van der Waals surface area (Å²) in [5.41, 5.74) is 4.66. The molecule has 0 atom stereocenters. The molecule has 5 rings (SSSR count). The zero-order chi connectivity index (χ0) is 29.5. The molecule has 0 saturated carbocycles. The minimum Gasteiger partial charge on any atom is -0.474 e. The fourth-order valence-corrected chi connectivity index (χ4v) is 6.01. The summed E-state index contributed by atoms with van der Waals surface area (Å²) in [6.07, 6.45) is 4.90. The van der Waals surface area contributed by atoms with Gasteiger partial charge < -0.3 is 19.7 Å². The van der Waals surface area contributed by atoms with Crippen LogP contribution in [0.3, 0.4) is 0 Å². The lowest BCUT2D eigenvalue weighted by atomic mass is 10.1. The van der Waals surface area contributed by atoms with E-state index in [2.05, 4.69) is 20.2 Å². The van der Waals surface area contributed by atoms with Gasteiger partial charge in [-0.1, -0.05) is 17.7 Å². The molecule has 0 bridgehead atoms. The fourth-order valence-electron chi connectivity index (χ4n) is 4.77. The normalized spacial score (nSPS) is 15.1. The first kappa shape index (κ1) is 28.9. The van der Waals surface area contributed by atoms with Crippen molar-refractivity contribution in [3.05, 3.63) is 58.0 Å². The first-order valence-corrected chi connectivity index (χ1v) is 15.7. The lowest BCUT2D eigenvalue weighted by Gasteiger charge is -2.34. The van der Waals surface area contributed by atoms with Gasteiger partial charge in [0.2, 0.25) is 11.8 Å². The van der Waals surface area contributed by atoms with Crippen LogP contribution < -0.4 is 19.9 Å². The van der Waals surface area contributed by atoms with Gasteiger partial charge in [-0.2, -0.15) is 0 Å². The number of fused-ring (bicyclic) bond motifs is 2. The van der Waals surface area contributed by atoms with Gasteiger partial charge in [0.1, 0.15) is 17.9 Å². The molecule has 0 spiro atoms. The number of ether oxygens (including phenoxy) is 2. The Hall–Kier alpha value is -3.64. The van der Waals surface area contributed by atoms with Gasteiger partial charge in [0, 0.05) is 24.7 Å². The van der Waals surface area contributed by atoms with Crippen LogP contribution >= 0.6 is 11.6 Å². The Morgan fingerprint density at radius 2 is 1.98 bits per heavy atom. The summed E-state index contributed by atoms with van der Waals surface area (Å²) in [6.45, 7) is 9.04. The van der Waals surface area contributed by atoms with Crippen LogP contribution in [0, 0.1) is 6.92 Å². The summed E-state index contributed by atoms with van der Waals surface area (Å²) < 4.78 is 34.7. The van der Waals surface area contributed by atoms with E-state index in [-0.39, 0.29) is 5.75 Å². The van der Waals surface area contributed by atoms with Crippen LogP contribution in [0.4, 0.5) is 27.8 Å². The summed E-state index contributed by atoms with van der Waals surface area (Å²) in [6, 6.07) is 5.50. The maximum atomic E-state index is 13.0. The quantitative estimate of drug-likeness (QED) is 0.435. The van der Waals surface area contributed by atoms with E-state index in [0.29, 0.717) is 60.9 Å². The van der Waals surface area contributed by atoms with E-state index in [0.717, 1.165) is 28.1 Å². The molecule has 2 aliphatic heterocycles. The van der Waals surface area contributed by atoms with E-state index in [1.165, 1.54) is 11.2 Å². The topological polar surface area (TPSA) is 127 Å². The lowest BCUT2D eigenvalue weighted by Crippen LogP contribution is -2.42. The molecule has 0 aliphatic carbocycles. The van der Waals surface area contributed by atoms with Crippen molar-refractivity contribution in [3.63, 3.8) is 0 Å². The van der Waals surface area contributed by atoms with Gasteiger partial charge in [-0.05, 0) is 62.9 Å². The Bertz CT molecular complexity index is 1610. The first-order chi connectivity index (χ1) is 19.3. The number of amides is 1. The average Bonchev–Trinajstić information content (AvgIpc) is 2.88. The number of hydrogen-bond acceptors (Lipinski definition) is 10. The molecule has 11 nitrogen and oxygen atoms in total. The van der Waals surface area contributed by atoms with Crippen molar-refractivity contribution in [3.8, 4) is 5.88 Å². The Kier molecular flexibility index (Phi) is 7.73. The second-order valence-corrected chi connectivity index (χ2v) is 13.8. The van der Waals surface area contributed by atoms with Crippen LogP contribution in [0.5, 0.6) is 5.88 Å². The number of aryl methyl sites for hydroxylation is 1. The summed E-state index contributed by atoms with van der Waals surface area (Å²) in [5, 5.41) is 3.59. The van der Waals surface area contributed by atoms with Crippen molar-refractivity contribution in [1.82, 2.24) is 15.0 Å². The number of anilines is 4. The number of nitrogens with one attached hydrogen (secondary N) is 1. The third-order valence-corrected chi connectivity index (χ3v) is 7.89. The van der Waals surface area contributed by atoms with E-state index in [4.69, 9.17) is 26.1 Å². The monoisotopic (exact) mass is 600 g/mol. The number of rotatable bonds is 5. The van der Waals surface area contributed by atoms with Gasteiger partial charge in [0.25, 0.3) is 0 Å². The van der Waals surface area contributed by atoms with Crippen molar-refractivity contribution >= 4 is 50.5 Å². The largest absolute Gasteiger partial charge is 0.474 e. The number of sulfone groups is 1. The number of nitrogens with zero attached hydrogens (tertiary/aromatic N) is 5. The summed E-state index contributed by atoms with van der Waals surface area (Å²) in [7, 11) is -3.13. The van der Waals surface area contributed by atoms with Gasteiger partial charge in [-0.3, -0.25) is 4.90 Å². The van der Waals surface area contributed by atoms with Gasteiger partial charge in [-0.25, -0.2) is 28.2 Å². The van der Waals surface area contributed by atoms with Crippen LogP contribution in [0.2, 0.25) is 5.02 Å². The summed E-state index contributed by atoms with van der Waals surface area (Å²) >= 11 is 6.91. The molecule has 0 saturated heterocycles. The highest BCUT2D eigenvalue weighted by Gasteiger charge is 2.33. The molecule has 41 heavy (non-hydrogen) atoms. The molecule has 2 aromatic heterocycles. The zero-order valence-electron chi connectivity index (χ0n) is 23.7. The highest BCUT2D eigenvalue weighted by atomic mass is 35.5. The van der Waals surface area contributed by atoms with Gasteiger partial charge >= 0.3 is 6.09 Å². The van der Waals surface area contributed by atoms with Crippen LogP contribution in [0.25, 0.3) is 0 Å². The highest BCUT2D eigenvalue weighted by Crippen LogP contribution is 2.43. The molecule has 1 N–H and O–H groups in total. The molecule has 1 amide bonds. The van der Waals surface area contributed by atoms with Crippen LogP contribution in [0.15, 0.2) is 30.6 Å². The number of pyridine rings is 1. The average molecular weight is 601 g/mol. The minimum atomic E-state index is -3.13. The third kappa shape index (κ3) is 6.65. The Labute approximate surface area is 244 Å². The molecular weight excluding hydrogens is 568 g/mol. The van der Waals surface area contributed by atoms with Gasteiger partial charge in [0.05, 0.1) is 41.4 Å². The Morgan fingerprint density at radius 1 is 1.20 bits per heavy atom. The summed E-state index contributed by atoms with van der Waals surface area (Å²) in [4.78, 5) is 30.2.